The van der Waals surface area contributed by atoms with Crippen molar-refractivity contribution in [2.75, 3.05) is 14.2 Å². The summed E-state index contributed by atoms with van der Waals surface area (Å²) in [6, 6.07) is 5.43. The van der Waals surface area contributed by atoms with Crippen LogP contribution >= 0.6 is 0 Å². The van der Waals surface area contributed by atoms with Crippen LogP contribution in [0, 0.1) is 0 Å². The third kappa shape index (κ3) is 1.32. The maximum atomic E-state index is 12.1. The fourth-order valence-corrected chi connectivity index (χ4v) is 2.05. The quantitative estimate of drug-likeness (QED) is 0.783. The summed E-state index contributed by atoms with van der Waals surface area (Å²) < 4.78 is 11.7. The summed E-state index contributed by atoms with van der Waals surface area (Å²) in [6.07, 6.45) is 0.858. The molecule has 1 atom stereocenters. The number of ketones is 1. The zero-order valence-electron chi connectivity index (χ0n) is 9.47. The Morgan fingerprint density at radius 1 is 1.35 bits per heavy atom. The molecular weight excluding hydrogens is 222 g/mol. The highest BCUT2D eigenvalue weighted by atomic mass is 16.8. The van der Waals surface area contributed by atoms with Crippen LogP contribution in [0.15, 0.2) is 24.4 Å². The van der Waals surface area contributed by atoms with Gasteiger partial charge in [-0.15, -0.1) is 0 Å². The molecule has 5 heteroatoms. The molecule has 0 saturated heterocycles. The highest BCUT2D eigenvalue weighted by Crippen LogP contribution is 2.29. The Morgan fingerprint density at radius 2 is 2.18 bits per heavy atom. The van der Waals surface area contributed by atoms with E-state index in [1.54, 1.807) is 24.1 Å². The van der Waals surface area contributed by atoms with Gasteiger partial charge in [-0.05, 0) is 18.2 Å². The van der Waals surface area contributed by atoms with Gasteiger partial charge in [0.2, 0.25) is 5.78 Å². The van der Waals surface area contributed by atoms with E-state index in [0.29, 0.717) is 11.3 Å². The van der Waals surface area contributed by atoms with Gasteiger partial charge in [-0.2, -0.15) is 4.73 Å². The molecule has 1 aliphatic heterocycles. The van der Waals surface area contributed by atoms with E-state index < -0.39 is 6.29 Å². The number of aromatic nitrogens is 1. The van der Waals surface area contributed by atoms with Crippen molar-refractivity contribution in [1.29, 1.82) is 0 Å². The van der Waals surface area contributed by atoms with Gasteiger partial charge in [0.15, 0.2) is 0 Å². The molecule has 1 unspecified atom stereocenters. The van der Waals surface area contributed by atoms with E-state index in [1.807, 2.05) is 12.1 Å². The molecule has 0 amide bonds. The lowest BCUT2D eigenvalue weighted by Gasteiger charge is -2.23. The second kappa shape index (κ2) is 3.49. The number of rotatable bonds is 2. The minimum Gasteiger partial charge on any atom is -0.497 e. The predicted molar refractivity (Wildman–Crippen MR) is 60.2 cm³/mol. The normalized spacial score (nSPS) is 18.2. The van der Waals surface area contributed by atoms with Crippen molar-refractivity contribution < 1.29 is 19.1 Å². The van der Waals surface area contributed by atoms with E-state index in [-0.39, 0.29) is 5.78 Å². The van der Waals surface area contributed by atoms with E-state index in [2.05, 4.69) is 0 Å². The Labute approximate surface area is 97.4 Å². The monoisotopic (exact) mass is 233 g/mol. The lowest BCUT2D eigenvalue weighted by molar-refractivity contribution is -0.0996. The largest absolute Gasteiger partial charge is 0.497 e. The second-order valence-electron chi connectivity index (χ2n) is 3.79. The molecule has 0 saturated carbocycles. The molecule has 5 nitrogen and oxygen atoms in total. The average molecular weight is 233 g/mol. The van der Waals surface area contributed by atoms with E-state index in [9.17, 15) is 4.79 Å². The summed E-state index contributed by atoms with van der Waals surface area (Å²) >= 11 is 0. The summed E-state index contributed by atoms with van der Waals surface area (Å²) in [5.74, 6) is 0.456. The minimum absolute atomic E-state index is 0.192. The van der Waals surface area contributed by atoms with Crippen LogP contribution in [0.4, 0.5) is 0 Å². The molecule has 0 spiro atoms. The molecule has 3 rings (SSSR count). The van der Waals surface area contributed by atoms with Crippen LogP contribution in [-0.2, 0) is 4.74 Å². The number of Topliss-reactive ketones (excluding diaryl/α,β-unsaturated/α-hetero) is 1. The molecule has 88 valence electrons. The summed E-state index contributed by atoms with van der Waals surface area (Å²) in [7, 11) is 3.01. The molecule has 1 aromatic heterocycles. The standard InChI is InChI=1S/C12H11NO4/c1-15-8-5-7-3-4-13-10(7)9(6-8)11(14)12(16-2)17-13/h3-6,12H,1-2H3. The van der Waals surface area contributed by atoms with Crippen LogP contribution in [0.2, 0.25) is 0 Å². The summed E-state index contributed by atoms with van der Waals surface area (Å²) in [6.45, 7) is 0. The lowest BCUT2D eigenvalue weighted by atomic mass is 10.1. The molecule has 17 heavy (non-hydrogen) atoms. The smallest absolute Gasteiger partial charge is 0.288 e. The Hall–Kier alpha value is -2.01. The topological polar surface area (TPSA) is 49.7 Å². The SMILES string of the molecule is COc1cc2c3c(ccn3OC(OC)C2=O)c1. The first kappa shape index (κ1) is 10.2. The number of carbonyl (C=O) groups excluding carboxylic acids is 1. The molecule has 2 heterocycles. The summed E-state index contributed by atoms with van der Waals surface area (Å²) in [4.78, 5) is 17.5. The molecule has 0 radical (unpaired) electrons. The zero-order chi connectivity index (χ0) is 12.0. The van der Waals surface area contributed by atoms with Crippen LogP contribution in [0.5, 0.6) is 5.75 Å². The van der Waals surface area contributed by atoms with Crippen molar-refractivity contribution >= 4 is 16.7 Å². The molecular formula is C12H11NO4. The van der Waals surface area contributed by atoms with Crippen molar-refractivity contribution in [2.24, 2.45) is 0 Å². The van der Waals surface area contributed by atoms with Crippen LogP contribution in [0.1, 0.15) is 10.4 Å². The number of hydrogen-bond donors (Lipinski definition) is 0. The van der Waals surface area contributed by atoms with Gasteiger partial charge in [-0.1, -0.05) is 0 Å². The minimum atomic E-state index is -0.898. The number of hydrogen-bond acceptors (Lipinski definition) is 4. The van der Waals surface area contributed by atoms with E-state index in [0.717, 1.165) is 10.9 Å². The molecule has 0 fully saturated rings. The van der Waals surface area contributed by atoms with Gasteiger partial charge in [0.05, 0.1) is 18.2 Å². The molecule has 0 N–H and O–H groups in total. The first-order valence-corrected chi connectivity index (χ1v) is 5.18. The number of methoxy groups -OCH3 is 2. The van der Waals surface area contributed by atoms with Crippen LogP contribution in [0.25, 0.3) is 10.9 Å². The van der Waals surface area contributed by atoms with Crippen LogP contribution < -0.4 is 9.57 Å². The molecule has 1 aromatic carbocycles. The number of carbonyl (C=O) groups is 1. The van der Waals surface area contributed by atoms with Gasteiger partial charge in [0.1, 0.15) is 5.75 Å². The first-order valence-electron chi connectivity index (χ1n) is 5.18. The highest BCUT2D eigenvalue weighted by molar-refractivity contribution is 6.10. The number of ether oxygens (including phenoxy) is 2. The number of benzene rings is 1. The van der Waals surface area contributed by atoms with Crippen molar-refractivity contribution in [2.45, 2.75) is 6.29 Å². The highest BCUT2D eigenvalue weighted by Gasteiger charge is 2.31. The van der Waals surface area contributed by atoms with E-state index in [1.165, 1.54) is 7.11 Å². The van der Waals surface area contributed by atoms with E-state index in [4.69, 9.17) is 14.3 Å². The van der Waals surface area contributed by atoms with Gasteiger partial charge < -0.3 is 14.3 Å². The fourth-order valence-electron chi connectivity index (χ4n) is 2.05. The summed E-state index contributed by atoms with van der Waals surface area (Å²) in [5, 5.41) is 0.905. The molecule has 1 aliphatic rings. The van der Waals surface area contributed by atoms with Gasteiger partial charge in [0.25, 0.3) is 6.29 Å². The molecule has 0 bridgehead atoms. The third-order valence-electron chi connectivity index (χ3n) is 2.86. The van der Waals surface area contributed by atoms with Gasteiger partial charge >= 0.3 is 0 Å². The first-order chi connectivity index (χ1) is 8.24. The van der Waals surface area contributed by atoms with Crippen molar-refractivity contribution in [1.82, 2.24) is 4.73 Å². The van der Waals surface area contributed by atoms with Crippen molar-refractivity contribution in [3.05, 3.63) is 30.0 Å². The molecule has 0 aliphatic carbocycles. The zero-order valence-corrected chi connectivity index (χ0v) is 9.47. The Balaban J connectivity index is 2.29. The Bertz CT molecular complexity index is 602. The lowest BCUT2D eigenvalue weighted by Crippen LogP contribution is -2.38. The van der Waals surface area contributed by atoms with E-state index >= 15 is 0 Å². The van der Waals surface area contributed by atoms with Crippen LogP contribution in [-0.4, -0.2) is 31.0 Å². The van der Waals surface area contributed by atoms with Crippen molar-refractivity contribution in [3.8, 4) is 5.75 Å². The Morgan fingerprint density at radius 3 is 2.88 bits per heavy atom. The van der Waals surface area contributed by atoms with Crippen LogP contribution in [0.3, 0.4) is 0 Å². The maximum Gasteiger partial charge on any atom is 0.288 e. The maximum absolute atomic E-state index is 12.1. The summed E-state index contributed by atoms with van der Waals surface area (Å²) in [5.41, 5.74) is 1.31. The second-order valence-corrected chi connectivity index (χ2v) is 3.79. The number of nitrogens with zero attached hydrogens (tertiary/aromatic N) is 1. The third-order valence-corrected chi connectivity index (χ3v) is 2.86. The van der Waals surface area contributed by atoms with Gasteiger partial charge in [-0.25, -0.2) is 0 Å². The predicted octanol–water partition coefficient (Wildman–Crippen LogP) is 1.25. The Kier molecular flexibility index (Phi) is 2.09. The van der Waals surface area contributed by atoms with Gasteiger partial charge in [0, 0.05) is 18.7 Å². The fraction of sp³-hybridized carbons (Fsp3) is 0.250. The average Bonchev–Trinajstić information content (AvgIpc) is 2.76. The van der Waals surface area contributed by atoms with Crippen molar-refractivity contribution in [3.63, 3.8) is 0 Å². The van der Waals surface area contributed by atoms with Gasteiger partial charge in [-0.3, -0.25) is 4.79 Å². The molecule has 2 aromatic rings.